The van der Waals surface area contributed by atoms with E-state index in [2.05, 4.69) is 16.5 Å². The summed E-state index contributed by atoms with van der Waals surface area (Å²) in [4.78, 5) is 4.39. The fraction of sp³-hybridized carbons (Fsp3) is 0.133. The maximum Gasteiger partial charge on any atom is 0.0964 e. The van der Waals surface area contributed by atoms with Crippen molar-refractivity contribution in [2.75, 3.05) is 5.73 Å². The molecule has 5 heteroatoms. The number of nitrogen functional groups attached to an aromatic ring is 1. The van der Waals surface area contributed by atoms with E-state index in [4.69, 9.17) is 28.9 Å². The van der Waals surface area contributed by atoms with Gasteiger partial charge in [0.25, 0.3) is 0 Å². The van der Waals surface area contributed by atoms with Crippen LogP contribution >= 0.6 is 23.2 Å². The van der Waals surface area contributed by atoms with Gasteiger partial charge in [0.1, 0.15) is 0 Å². The molecule has 3 nitrogen and oxygen atoms in total. The topological polar surface area (TPSA) is 43.8 Å². The van der Waals surface area contributed by atoms with Crippen molar-refractivity contribution in [1.82, 2.24) is 9.55 Å². The Labute approximate surface area is 126 Å². The third-order valence-corrected chi connectivity index (χ3v) is 3.99. The van der Waals surface area contributed by atoms with E-state index in [1.54, 1.807) is 12.4 Å². The van der Waals surface area contributed by atoms with E-state index in [1.165, 1.54) is 0 Å². The van der Waals surface area contributed by atoms with E-state index < -0.39 is 0 Å². The highest BCUT2D eigenvalue weighted by atomic mass is 35.5. The number of hydrogen-bond donors (Lipinski definition) is 1. The molecule has 0 saturated carbocycles. The summed E-state index contributed by atoms with van der Waals surface area (Å²) >= 11 is 12.2. The predicted molar refractivity (Wildman–Crippen MR) is 84.4 cm³/mol. The second kappa shape index (κ2) is 5.00. The van der Waals surface area contributed by atoms with E-state index in [0.29, 0.717) is 15.7 Å². The Morgan fingerprint density at radius 1 is 1.15 bits per heavy atom. The van der Waals surface area contributed by atoms with Crippen molar-refractivity contribution >= 4 is 39.9 Å². The number of anilines is 1. The van der Waals surface area contributed by atoms with Crippen molar-refractivity contribution in [2.45, 2.75) is 13.0 Å². The van der Waals surface area contributed by atoms with Crippen LogP contribution in [0, 0.1) is 0 Å². The number of imidazole rings is 1. The molecule has 0 saturated heterocycles. The van der Waals surface area contributed by atoms with Crippen LogP contribution in [0.1, 0.15) is 18.5 Å². The first-order valence-corrected chi connectivity index (χ1v) is 6.99. The van der Waals surface area contributed by atoms with E-state index >= 15 is 0 Å². The molecule has 0 bridgehead atoms. The second-order valence-corrected chi connectivity index (χ2v) is 5.59. The van der Waals surface area contributed by atoms with Crippen molar-refractivity contribution in [3.8, 4) is 0 Å². The Balaban J connectivity index is 2.10. The molecule has 2 aromatic carbocycles. The summed E-state index contributed by atoms with van der Waals surface area (Å²) in [6.07, 6.45) is 1.81. The molecule has 1 aromatic heterocycles. The summed E-state index contributed by atoms with van der Waals surface area (Å²) in [5.41, 5.74) is 9.39. The van der Waals surface area contributed by atoms with E-state index in [1.807, 2.05) is 30.3 Å². The molecule has 0 aliphatic carbocycles. The third kappa shape index (κ3) is 2.23. The normalized spacial score (nSPS) is 12.8. The molecule has 20 heavy (non-hydrogen) atoms. The average Bonchev–Trinajstić information content (AvgIpc) is 2.80. The maximum atomic E-state index is 6.28. The van der Waals surface area contributed by atoms with Crippen LogP contribution < -0.4 is 5.73 Å². The summed E-state index contributed by atoms with van der Waals surface area (Å²) in [6, 6.07) is 11.3. The second-order valence-electron chi connectivity index (χ2n) is 4.74. The van der Waals surface area contributed by atoms with Crippen LogP contribution in [0.25, 0.3) is 11.0 Å². The zero-order chi connectivity index (χ0) is 14.3. The van der Waals surface area contributed by atoms with Crippen LogP contribution in [-0.2, 0) is 0 Å². The van der Waals surface area contributed by atoms with Gasteiger partial charge in [0.05, 0.1) is 23.4 Å². The van der Waals surface area contributed by atoms with Crippen LogP contribution in [0.4, 0.5) is 5.69 Å². The first-order chi connectivity index (χ1) is 9.56. The molecular formula is C15H13Cl2N3. The molecule has 0 radical (unpaired) electrons. The van der Waals surface area contributed by atoms with Gasteiger partial charge in [-0.25, -0.2) is 4.98 Å². The molecule has 1 heterocycles. The van der Waals surface area contributed by atoms with Crippen LogP contribution in [0.2, 0.25) is 10.0 Å². The SMILES string of the molecule is CC(c1ccc(Cl)cc1Cl)n1cnc2cc(N)ccc21. The average molecular weight is 306 g/mol. The molecule has 0 amide bonds. The summed E-state index contributed by atoms with van der Waals surface area (Å²) in [6.45, 7) is 2.08. The lowest BCUT2D eigenvalue weighted by atomic mass is 10.1. The summed E-state index contributed by atoms with van der Waals surface area (Å²) in [7, 11) is 0. The number of benzene rings is 2. The van der Waals surface area contributed by atoms with Crippen molar-refractivity contribution in [1.29, 1.82) is 0 Å². The number of nitrogens with two attached hydrogens (primary N) is 1. The largest absolute Gasteiger partial charge is 0.399 e. The van der Waals surface area contributed by atoms with E-state index in [-0.39, 0.29) is 6.04 Å². The van der Waals surface area contributed by atoms with Crippen molar-refractivity contribution in [3.63, 3.8) is 0 Å². The molecule has 2 N–H and O–H groups in total. The van der Waals surface area contributed by atoms with Crippen molar-refractivity contribution < 1.29 is 0 Å². The first kappa shape index (κ1) is 13.3. The van der Waals surface area contributed by atoms with E-state index in [0.717, 1.165) is 16.6 Å². The predicted octanol–water partition coefficient (Wildman–Crippen LogP) is 4.53. The highest BCUT2D eigenvalue weighted by Crippen LogP contribution is 2.30. The Morgan fingerprint density at radius 3 is 2.70 bits per heavy atom. The van der Waals surface area contributed by atoms with Gasteiger partial charge < -0.3 is 10.3 Å². The Hall–Kier alpha value is -1.71. The van der Waals surface area contributed by atoms with Gasteiger partial charge in [-0.1, -0.05) is 29.3 Å². The molecule has 102 valence electrons. The number of nitrogens with zero attached hydrogens (tertiary/aromatic N) is 2. The minimum absolute atomic E-state index is 0.0633. The number of rotatable bonds is 2. The lowest BCUT2D eigenvalue weighted by Gasteiger charge is -2.16. The van der Waals surface area contributed by atoms with Crippen LogP contribution in [0.5, 0.6) is 0 Å². The van der Waals surface area contributed by atoms with Crippen molar-refractivity contribution in [2.24, 2.45) is 0 Å². The molecule has 1 unspecified atom stereocenters. The van der Waals surface area contributed by atoms with Crippen LogP contribution in [0.15, 0.2) is 42.7 Å². The Kier molecular flexibility index (Phi) is 3.32. The molecule has 1 atom stereocenters. The minimum Gasteiger partial charge on any atom is -0.399 e. The summed E-state index contributed by atoms with van der Waals surface area (Å²) < 4.78 is 2.07. The van der Waals surface area contributed by atoms with Gasteiger partial charge in [0, 0.05) is 15.7 Å². The molecule has 0 fully saturated rings. The van der Waals surface area contributed by atoms with Gasteiger partial charge in [-0.15, -0.1) is 0 Å². The molecule has 3 rings (SSSR count). The van der Waals surface area contributed by atoms with Gasteiger partial charge >= 0.3 is 0 Å². The number of fused-ring (bicyclic) bond motifs is 1. The molecule has 0 aliphatic heterocycles. The third-order valence-electron chi connectivity index (χ3n) is 3.43. The number of halogens is 2. The monoisotopic (exact) mass is 305 g/mol. The highest BCUT2D eigenvalue weighted by Gasteiger charge is 2.14. The van der Waals surface area contributed by atoms with Crippen LogP contribution in [-0.4, -0.2) is 9.55 Å². The molecule has 0 aliphatic rings. The molecule has 3 aromatic rings. The van der Waals surface area contributed by atoms with Gasteiger partial charge in [-0.05, 0) is 42.8 Å². The van der Waals surface area contributed by atoms with Crippen LogP contribution in [0.3, 0.4) is 0 Å². The maximum absolute atomic E-state index is 6.28. The fourth-order valence-electron chi connectivity index (χ4n) is 2.35. The molecule has 0 spiro atoms. The Bertz CT molecular complexity index is 780. The van der Waals surface area contributed by atoms with E-state index in [9.17, 15) is 0 Å². The zero-order valence-electron chi connectivity index (χ0n) is 10.8. The standard InChI is InChI=1S/C15H13Cl2N3/c1-9(12-4-2-10(16)6-13(12)17)20-8-19-14-7-11(18)3-5-15(14)20/h2-9H,18H2,1H3. The van der Waals surface area contributed by atoms with Gasteiger partial charge in [-0.2, -0.15) is 0 Å². The summed E-state index contributed by atoms with van der Waals surface area (Å²) in [5, 5.41) is 1.29. The zero-order valence-corrected chi connectivity index (χ0v) is 12.4. The lowest BCUT2D eigenvalue weighted by molar-refractivity contribution is 0.658. The Morgan fingerprint density at radius 2 is 1.95 bits per heavy atom. The molecular weight excluding hydrogens is 293 g/mol. The van der Waals surface area contributed by atoms with Gasteiger partial charge in [0.15, 0.2) is 0 Å². The van der Waals surface area contributed by atoms with Gasteiger partial charge in [0.2, 0.25) is 0 Å². The minimum atomic E-state index is 0.0633. The van der Waals surface area contributed by atoms with Crippen molar-refractivity contribution in [3.05, 3.63) is 58.3 Å². The fourth-order valence-corrected chi connectivity index (χ4v) is 2.91. The smallest absolute Gasteiger partial charge is 0.0964 e. The lowest BCUT2D eigenvalue weighted by Crippen LogP contribution is -2.06. The highest BCUT2D eigenvalue weighted by molar-refractivity contribution is 6.35. The number of aromatic nitrogens is 2. The first-order valence-electron chi connectivity index (χ1n) is 6.23. The van der Waals surface area contributed by atoms with Gasteiger partial charge in [-0.3, -0.25) is 0 Å². The number of hydrogen-bond acceptors (Lipinski definition) is 2. The summed E-state index contributed by atoms with van der Waals surface area (Å²) in [5.74, 6) is 0. The quantitative estimate of drug-likeness (QED) is 0.707.